The van der Waals surface area contributed by atoms with Crippen molar-refractivity contribution >= 4 is 22.6 Å². The Balaban J connectivity index is 1.31. The molecule has 208 valence electrons. The minimum atomic E-state index is -0.445. The summed E-state index contributed by atoms with van der Waals surface area (Å²) in [6, 6.07) is 22.3. The number of piperidine rings is 1. The smallest absolute Gasteiger partial charge is 0.321 e. The summed E-state index contributed by atoms with van der Waals surface area (Å²) in [4.78, 5) is 20.9. The summed E-state index contributed by atoms with van der Waals surface area (Å²) in [5.41, 5.74) is 4.55. The summed E-state index contributed by atoms with van der Waals surface area (Å²) in [7, 11) is 1.66. The van der Waals surface area contributed by atoms with Gasteiger partial charge in [0.05, 0.1) is 25.4 Å². The molecule has 0 bridgehead atoms. The molecule has 1 aromatic heterocycles. The van der Waals surface area contributed by atoms with Crippen LogP contribution in [-0.4, -0.2) is 65.8 Å². The van der Waals surface area contributed by atoms with Gasteiger partial charge in [-0.25, -0.2) is 9.18 Å². The maximum Gasteiger partial charge on any atom is 0.321 e. The van der Waals surface area contributed by atoms with Crippen LogP contribution in [0.4, 0.5) is 14.9 Å². The molecule has 3 N–H and O–H groups in total. The minimum absolute atomic E-state index is 0.0129. The molecule has 4 aromatic rings. The van der Waals surface area contributed by atoms with Crippen molar-refractivity contribution in [3.8, 4) is 5.75 Å². The lowest BCUT2D eigenvalue weighted by Gasteiger charge is -2.50. The van der Waals surface area contributed by atoms with Crippen molar-refractivity contribution in [3.05, 3.63) is 95.4 Å². The number of ether oxygens (including phenoxy) is 1. The number of aliphatic hydroxyl groups is 1. The van der Waals surface area contributed by atoms with E-state index in [9.17, 15) is 14.3 Å². The third kappa shape index (κ3) is 4.82. The monoisotopic (exact) mass is 542 g/mol. The van der Waals surface area contributed by atoms with E-state index >= 15 is 0 Å². The van der Waals surface area contributed by atoms with Gasteiger partial charge >= 0.3 is 6.03 Å². The molecule has 0 radical (unpaired) electrons. The molecule has 2 amide bonds. The summed E-state index contributed by atoms with van der Waals surface area (Å²) in [6.45, 7) is 2.73. The first-order chi connectivity index (χ1) is 19.5. The van der Waals surface area contributed by atoms with Crippen LogP contribution in [0, 0.1) is 5.82 Å². The molecule has 0 unspecified atom stereocenters. The van der Waals surface area contributed by atoms with Crippen LogP contribution in [0.1, 0.15) is 35.7 Å². The molecule has 0 aliphatic carbocycles. The number of aromatic nitrogens is 1. The molecule has 1 saturated heterocycles. The zero-order valence-corrected chi connectivity index (χ0v) is 22.7. The number of anilines is 1. The number of H-pyrrole nitrogens is 1. The van der Waals surface area contributed by atoms with Gasteiger partial charge in [-0.1, -0.05) is 42.5 Å². The van der Waals surface area contributed by atoms with E-state index in [1.165, 1.54) is 17.2 Å². The van der Waals surface area contributed by atoms with Crippen molar-refractivity contribution in [1.29, 1.82) is 0 Å². The van der Waals surface area contributed by atoms with E-state index in [0.29, 0.717) is 13.1 Å². The standard InChI is InChI=1S/C32H35FN4O3/c1-40-23-11-12-24-27(19-23)34-30-28(20-38)37(16-13-22-7-3-2-4-8-22)21-32(29(24)30)14-17-36(18-15-32)31(39)35-26-10-6-5-9-25(26)33/h2-12,19,28,34,38H,13-18,20-21H2,1H3,(H,35,39)/t28-/m0/s1. The second-order valence-corrected chi connectivity index (χ2v) is 10.9. The number of para-hydroxylation sites is 1. The number of urea groups is 1. The number of hydrogen-bond donors (Lipinski definition) is 3. The van der Waals surface area contributed by atoms with Gasteiger partial charge < -0.3 is 25.0 Å². The number of hydrogen-bond acceptors (Lipinski definition) is 4. The van der Waals surface area contributed by atoms with E-state index in [1.807, 2.05) is 18.2 Å². The lowest BCUT2D eigenvalue weighted by Crippen LogP contribution is -2.55. The lowest BCUT2D eigenvalue weighted by molar-refractivity contribution is 0.0557. The first-order valence-corrected chi connectivity index (χ1v) is 13.9. The molecule has 2 aliphatic heterocycles. The van der Waals surface area contributed by atoms with Crippen molar-refractivity contribution in [3.63, 3.8) is 0 Å². The van der Waals surface area contributed by atoms with Gasteiger partial charge in [0.1, 0.15) is 11.6 Å². The SMILES string of the molecule is COc1ccc2c3c([nH]c2c1)[C@H](CO)N(CCc1ccccc1)CC31CCN(C(=O)Nc2ccccc2F)CC1. The fourth-order valence-corrected chi connectivity index (χ4v) is 6.57. The third-order valence-electron chi connectivity index (χ3n) is 8.67. The molecule has 1 atom stereocenters. The maximum atomic E-state index is 14.2. The number of likely N-dealkylation sites (tertiary alicyclic amines) is 1. The van der Waals surface area contributed by atoms with Crippen LogP contribution < -0.4 is 10.1 Å². The average molecular weight is 543 g/mol. The van der Waals surface area contributed by atoms with E-state index in [4.69, 9.17) is 4.74 Å². The van der Waals surface area contributed by atoms with Crippen LogP contribution in [0.2, 0.25) is 0 Å². The molecule has 3 aromatic carbocycles. The Morgan fingerprint density at radius 1 is 1.10 bits per heavy atom. The Hall–Kier alpha value is -3.88. The van der Waals surface area contributed by atoms with Crippen molar-refractivity contribution < 1.29 is 19.0 Å². The molecule has 8 heteroatoms. The highest BCUT2D eigenvalue weighted by Crippen LogP contribution is 2.49. The zero-order valence-electron chi connectivity index (χ0n) is 22.7. The highest BCUT2D eigenvalue weighted by molar-refractivity contribution is 5.90. The number of benzene rings is 3. The summed E-state index contributed by atoms with van der Waals surface area (Å²) < 4.78 is 19.7. The van der Waals surface area contributed by atoms with Gasteiger partial charge in [-0.2, -0.15) is 0 Å². The fourth-order valence-electron chi connectivity index (χ4n) is 6.57. The Kier molecular flexibility index (Phi) is 7.21. The highest BCUT2D eigenvalue weighted by Gasteiger charge is 2.47. The fraction of sp³-hybridized carbons (Fsp3) is 0.344. The molecule has 0 saturated carbocycles. The van der Waals surface area contributed by atoms with Gasteiger partial charge in [0, 0.05) is 54.3 Å². The van der Waals surface area contributed by atoms with Crippen molar-refractivity contribution in [2.45, 2.75) is 30.7 Å². The number of amides is 2. The van der Waals surface area contributed by atoms with E-state index in [1.54, 1.807) is 30.2 Å². The number of carbonyl (C=O) groups excluding carboxylic acids is 1. The van der Waals surface area contributed by atoms with Crippen LogP contribution in [0.3, 0.4) is 0 Å². The predicted octanol–water partition coefficient (Wildman–Crippen LogP) is 5.47. The van der Waals surface area contributed by atoms with Crippen LogP contribution in [-0.2, 0) is 11.8 Å². The average Bonchev–Trinajstić information content (AvgIpc) is 3.38. The van der Waals surface area contributed by atoms with E-state index in [-0.39, 0.29) is 29.8 Å². The Labute approximate surface area is 233 Å². The minimum Gasteiger partial charge on any atom is -0.497 e. The molecule has 40 heavy (non-hydrogen) atoms. The van der Waals surface area contributed by atoms with Crippen molar-refractivity contribution in [2.75, 3.05) is 45.2 Å². The second kappa shape index (κ2) is 10.9. The first kappa shape index (κ1) is 26.3. The molecule has 1 spiro atoms. The molecule has 2 aliphatic rings. The van der Waals surface area contributed by atoms with Crippen molar-refractivity contribution in [1.82, 2.24) is 14.8 Å². The van der Waals surface area contributed by atoms with Crippen LogP contribution >= 0.6 is 0 Å². The zero-order chi connectivity index (χ0) is 27.7. The Morgan fingerprint density at radius 2 is 1.85 bits per heavy atom. The number of halogens is 1. The van der Waals surface area contributed by atoms with E-state index in [0.717, 1.165) is 54.7 Å². The number of nitrogens with one attached hydrogen (secondary N) is 2. The first-order valence-electron chi connectivity index (χ1n) is 13.9. The lowest BCUT2D eigenvalue weighted by atomic mass is 9.68. The Bertz CT molecular complexity index is 1500. The van der Waals surface area contributed by atoms with Gasteiger partial charge in [-0.05, 0) is 54.7 Å². The normalized spacial score (nSPS) is 18.6. The molecule has 1 fully saturated rings. The number of carbonyl (C=O) groups is 1. The van der Waals surface area contributed by atoms with Gasteiger partial charge in [-0.3, -0.25) is 4.90 Å². The molecule has 7 nitrogen and oxygen atoms in total. The maximum absolute atomic E-state index is 14.2. The molecule has 6 rings (SSSR count). The largest absolute Gasteiger partial charge is 0.497 e. The summed E-state index contributed by atoms with van der Waals surface area (Å²) in [6.07, 6.45) is 2.42. The second-order valence-electron chi connectivity index (χ2n) is 10.9. The number of nitrogens with zero attached hydrogens (tertiary/aromatic N) is 2. The number of methoxy groups -OCH3 is 1. The number of fused-ring (bicyclic) bond motifs is 4. The van der Waals surface area contributed by atoms with E-state index in [2.05, 4.69) is 45.5 Å². The van der Waals surface area contributed by atoms with Crippen LogP contribution in [0.5, 0.6) is 5.75 Å². The topological polar surface area (TPSA) is 80.8 Å². The van der Waals surface area contributed by atoms with Gasteiger partial charge in [-0.15, -0.1) is 0 Å². The van der Waals surface area contributed by atoms with Gasteiger partial charge in [0.2, 0.25) is 0 Å². The molecule has 3 heterocycles. The quantitative estimate of drug-likeness (QED) is 0.302. The molecular weight excluding hydrogens is 507 g/mol. The van der Waals surface area contributed by atoms with Crippen LogP contribution in [0.25, 0.3) is 10.9 Å². The van der Waals surface area contributed by atoms with E-state index < -0.39 is 5.82 Å². The molecular formula is C32H35FN4O3. The highest BCUT2D eigenvalue weighted by atomic mass is 19.1. The van der Waals surface area contributed by atoms with Gasteiger partial charge in [0.15, 0.2) is 0 Å². The third-order valence-corrected chi connectivity index (χ3v) is 8.67. The summed E-state index contributed by atoms with van der Waals surface area (Å²) >= 11 is 0. The summed E-state index contributed by atoms with van der Waals surface area (Å²) in [5.74, 6) is 0.334. The summed E-state index contributed by atoms with van der Waals surface area (Å²) in [5, 5.41) is 14.5. The Morgan fingerprint density at radius 3 is 2.58 bits per heavy atom. The van der Waals surface area contributed by atoms with Crippen LogP contribution in [0.15, 0.2) is 72.8 Å². The number of aromatic amines is 1. The van der Waals surface area contributed by atoms with Gasteiger partial charge in [0.25, 0.3) is 0 Å². The predicted molar refractivity (Wildman–Crippen MR) is 154 cm³/mol. The number of aliphatic hydroxyl groups excluding tert-OH is 1. The number of rotatable bonds is 6. The van der Waals surface area contributed by atoms with Crippen molar-refractivity contribution in [2.24, 2.45) is 0 Å².